The van der Waals surface area contributed by atoms with Gasteiger partial charge < -0.3 is 10.1 Å². The summed E-state index contributed by atoms with van der Waals surface area (Å²) in [7, 11) is 0. The molecule has 0 aromatic carbocycles. The molecule has 0 aliphatic carbocycles. The molecule has 1 saturated heterocycles. The zero-order chi connectivity index (χ0) is 15.3. The number of hydrogen-bond donors (Lipinski definition) is 1. The summed E-state index contributed by atoms with van der Waals surface area (Å²) in [5.74, 6) is 1.17. The van der Waals surface area contributed by atoms with E-state index in [2.05, 4.69) is 56.1 Å². The maximum absolute atomic E-state index is 5.54. The van der Waals surface area contributed by atoms with Gasteiger partial charge in [0.25, 0.3) is 0 Å². The summed E-state index contributed by atoms with van der Waals surface area (Å²) in [4.78, 5) is 0. The predicted molar refractivity (Wildman–Crippen MR) is 89.9 cm³/mol. The summed E-state index contributed by atoms with van der Waals surface area (Å²) in [6.45, 7) is 11.6. The summed E-state index contributed by atoms with van der Waals surface area (Å²) in [5.41, 5.74) is 1.27. The highest BCUT2D eigenvalue weighted by Gasteiger charge is 2.32. The first-order chi connectivity index (χ1) is 10.1. The highest BCUT2D eigenvalue weighted by atomic mass is 32.2. The van der Waals surface area contributed by atoms with Crippen LogP contribution in [0.1, 0.15) is 58.2 Å². The first-order valence-electron chi connectivity index (χ1n) is 8.05. The molecule has 5 heteroatoms. The molecule has 2 rings (SSSR count). The monoisotopic (exact) mass is 311 g/mol. The van der Waals surface area contributed by atoms with Crippen molar-refractivity contribution in [1.29, 1.82) is 0 Å². The van der Waals surface area contributed by atoms with E-state index >= 15 is 0 Å². The average Bonchev–Trinajstić information content (AvgIpc) is 2.96. The Balaban J connectivity index is 1.92. The Bertz CT molecular complexity index is 421. The normalized spacial score (nSPS) is 19.9. The van der Waals surface area contributed by atoms with E-state index in [1.807, 2.05) is 10.9 Å². The van der Waals surface area contributed by atoms with Crippen molar-refractivity contribution in [3.8, 4) is 0 Å². The van der Waals surface area contributed by atoms with Gasteiger partial charge in [0, 0.05) is 48.3 Å². The quantitative estimate of drug-likeness (QED) is 0.837. The van der Waals surface area contributed by atoms with Crippen LogP contribution >= 0.6 is 11.8 Å². The third-order valence-corrected chi connectivity index (χ3v) is 5.69. The lowest BCUT2D eigenvalue weighted by Crippen LogP contribution is -2.43. The molecular weight excluding hydrogens is 282 g/mol. The third-order valence-electron chi connectivity index (χ3n) is 4.24. The number of nitrogens with one attached hydrogen (secondary N) is 1. The van der Waals surface area contributed by atoms with Gasteiger partial charge in [-0.05, 0) is 39.4 Å². The van der Waals surface area contributed by atoms with Crippen LogP contribution < -0.4 is 5.32 Å². The molecule has 2 heterocycles. The van der Waals surface area contributed by atoms with E-state index in [0.717, 1.165) is 32.6 Å². The molecule has 4 nitrogen and oxygen atoms in total. The van der Waals surface area contributed by atoms with E-state index in [4.69, 9.17) is 4.74 Å². The summed E-state index contributed by atoms with van der Waals surface area (Å²) < 4.78 is 7.91. The molecule has 0 unspecified atom stereocenters. The molecule has 1 atom stereocenters. The van der Waals surface area contributed by atoms with Crippen molar-refractivity contribution in [2.45, 2.75) is 57.4 Å². The second kappa shape index (κ2) is 7.65. The molecule has 1 aliphatic heterocycles. The van der Waals surface area contributed by atoms with Crippen molar-refractivity contribution < 1.29 is 4.74 Å². The number of rotatable bonds is 7. The predicted octanol–water partition coefficient (Wildman–Crippen LogP) is 3.42. The van der Waals surface area contributed by atoms with E-state index in [9.17, 15) is 0 Å². The lowest BCUT2D eigenvalue weighted by Gasteiger charge is -2.37. The van der Waals surface area contributed by atoms with Gasteiger partial charge in [-0.1, -0.05) is 6.92 Å². The van der Waals surface area contributed by atoms with Crippen molar-refractivity contribution in [2.24, 2.45) is 0 Å². The number of nitrogens with zero attached hydrogens (tertiary/aromatic N) is 2. The SMILES string of the molecule is CCSC1(CN[C@@H](C)c2cnn(C(C)C)c2)CCOCC1. The topological polar surface area (TPSA) is 39.1 Å². The van der Waals surface area contributed by atoms with Gasteiger partial charge in [-0.2, -0.15) is 16.9 Å². The van der Waals surface area contributed by atoms with E-state index in [1.54, 1.807) is 0 Å². The minimum atomic E-state index is 0.342. The molecular formula is C16H29N3OS. The van der Waals surface area contributed by atoms with E-state index in [1.165, 1.54) is 11.3 Å². The molecule has 0 spiro atoms. The van der Waals surface area contributed by atoms with Crippen LogP contribution in [0.15, 0.2) is 12.4 Å². The summed E-state index contributed by atoms with van der Waals surface area (Å²) in [6, 6.07) is 0.762. The minimum absolute atomic E-state index is 0.342. The smallest absolute Gasteiger partial charge is 0.0537 e. The fourth-order valence-electron chi connectivity index (χ4n) is 2.74. The Kier molecular flexibility index (Phi) is 6.14. The van der Waals surface area contributed by atoms with Gasteiger partial charge in [0.05, 0.1) is 6.20 Å². The second-order valence-corrected chi connectivity index (χ2v) is 7.91. The number of hydrogen-bond acceptors (Lipinski definition) is 4. The van der Waals surface area contributed by atoms with Crippen LogP contribution in [0.2, 0.25) is 0 Å². The van der Waals surface area contributed by atoms with Gasteiger partial charge in [0.2, 0.25) is 0 Å². The summed E-state index contributed by atoms with van der Waals surface area (Å²) in [6.07, 6.45) is 6.44. The zero-order valence-corrected chi connectivity index (χ0v) is 14.6. The minimum Gasteiger partial charge on any atom is -0.381 e. The van der Waals surface area contributed by atoms with Crippen molar-refractivity contribution >= 4 is 11.8 Å². The van der Waals surface area contributed by atoms with Gasteiger partial charge in [-0.3, -0.25) is 4.68 Å². The third kappa shape index (κ3) is 4.47. The molecule has 0 bridgehead atoms. The maximum Gasteiger partial charge on any atom is 0.0537 e. The van der Waals surface area contributed by atoms with Crippen molar-refractivity contribution in [1.82, 2.24) is 15.1 Å². The molecule has 1 N–H and O–H groups in total. The molecule has 120 valence electrons. The van der Waals surface area contributed by atoms with Crippen LogP contribution in [0, 0.1) is 0 Å². The summed E-state index contributed by atoms with van der Waals surface area (Å²) in [5, 5.41) is 8.15. The Morgan fingerprint density at radius 1 is 1.38 bits per heavy atom. The molecule has 1 fully saturated rings. The summed E-state index contributed by atoms with van der Waals surface area (Å²) >= 11 is 2.08. The molecule has 0 saturated carbocycles. The van der Waals surface area contributed by atoms with Gasteiger partial charge in [-0.15, -0.1) is 0 Å². The van der Waals surface area contributed by atoms with Crippen LogP contribution in [0.4, 0.5) is 0 Å². The van der Waals surface area contributed by atoms with Crippen molar-refractivity contribution in [3.05, 3.63) is 18.0 Å². The van der Waals surface area contributed by atoms with E-state index in [-0.39, 0.29) is 0 Å². The maximum atomic E-state index is 5.54. The van der Waals surface area contributed by atoms with Gasteiger partial charge in [0.15, 0.2) is 0 Å². The van der Waals surface area contributed by atoms with Crippen molar-refractivity contribution in [2.75, 3.05) is 25.5 Å². The molecule has 1 aliphatic rings. The highest BCUT2D eigenvalue weighted by Crippen LogP contribution is 2.35. The molecule has 1 aromatic rings. The van der Waals surface area contributed by atoms with E-state index in [0.29, 0.717) is 16.8 Å². The van der Waals surface area contributed by atoms with E-state index < -0.39 is 0 Å². The van der Waals surface area contributed by atoms with Crippen LogP contribution in [0.25, 0.3) is 0 Å². The molecule has 0 radical (unpaired) electrons. The number of aromatic nitrogens is 2. The van der Waals surface area contributed by atoms with Crippen LogP contribution in [0.5, 0.6) is 0 Å². The lowest BCUT2D eigenvalue weighted by molar-refractivity contribution is 0.0766. The number of ether oxygens (including phenoxy) is 1. The Morgan fingerprint density at radius 3 is 2.67 bits per heavy atom. The second-order valence-electron chi connectivity index (χ2n) is 6.18. The Labute approximate surface area is 133 Å². The highest BCUT2D eigenvalue weighted by molar-refractivity contribution is 8.00. The van der Waals surface area contributed by atoms with Crippen LogP contribution in [-0.4, -0.2) is 40.0 Å². The van der Waals surface area contributed by atoms with Gasteiger partial charge >= 0.3 is 0 Å². The lowest BCUT2D eigenvalue weighted by atomic mass is 9.98. The fourth-order valence-corrected chi connectivity index (χ4v) is 3.99. The number of thioether (sulfide) groups is 1. The van der Waals surface area contributed by atoms with Gasteiger partial charge in [-0.25, -0.2) is 0 Å². The standard InChI is InChI=1S/C16H29N3OS/c1-5-21-16(6-8-20-9-7-16)12-17-14(4)15-10-18-19(11-15)13(2)3/h10-11,13-14,17H,5-9,12H2,1-4H3/t14-/m0/s1. The first-order valence-corrected chi connectivity index (χ1v) is 9.04. The molecule has 21 heavy (non-hydrogen) atoms. The van der Waals surface area contributed by atoms with Crippen LogP contribution in [0.3, 0.4) is 0 Å². The molecule has 0 amide bonds. The first kappa shape index (κ1) is 16.8. The van der Waals surface area contributed by atoms with Crippen molar-refractivity contribution in [3.63, 3.8) is 0 Å². The Morgan fingerprint density at radius 2 is 2.10 bits per heavy atom. The molecule has 1 aromatic heterocycles. The Hall–Kier alpha value is -0.520. The van der Waals surface area contributed by atoms with Crippen LogP contribution in [-0.2, 0) is 4.74 Å². The fraction of sp³-hybridized carbons (Fsp3) is 0.812. The average molecular weight is 311 g/mol. The zero-order valence-electron chi connectivity index (χ0n) is 13.8. The van der Waals surface area contributed by atoms with Gasteiger partial charge in [0.1, 0.15) is 0 Å². The largest absolute Gasteiger partial charge is 0.381 e.